The molecule has 1 N–H and O–H groups in total. The Kier molecular flexibility index (Phi) is 4.30. The van der Waals surface area contributed by atoms with Gasteiger partial charge in [0.2, 0.25) is 0 Å². The molecule has 0 bridgehead atoms. The maximum atomic E-state index is 10.9. The number of rotatable bonds is 4. The average Bonchev–Trinajstić information content (AvgIpc) is 2.26. The molecular weight excluding hydrogens is 262 g/mol. The van der Waals surface area contributed by atoms with Crippen molar-refractivity contribution < 1.29 is 14.3 Å². The number of hydrogen-bond acceptors (Lipinski definition) is 3. The van der Waals surface area contributed by atoms with E-state index in [-0.39, 0.29) is 12.5 Å². The van der Waals surface area contributed by atoms with Gasteiger partial charge in [0.25, 0.3) is 5.91 Å². The van der Waals surface area contributed by atoms with E-state index in [2.05, 4.69) is 21.2 Å². The first-order chi connectivity index (χ1) is 7.17. The van der Waals surface area contributed by atoms with Crippen LogP contribution in [0.5, 0.6) is 5.75 Å². The third-order valence-electron chi connectivity index (χ3n) is 1.74. The topological polar surface area (TPSA) is 55.4 Å². The summed E-state index contributed by atoms with van der Waals surface area (Å²) in [6.45, 7) is -0.0982. The van der Waals surface area contributed by atoms with Crippen LogP contribution in [0.25, 0.3) is 0 Å². The van der Waals surface area contributed by atoms with Crippen LogP contribution in [0.1, 0.15) is 10.4 Å². The molecule has 0 fully saturated rings. The number of likely N-dealkylation sites (N-methyl/N-ethyl adjacent to an activating group) is 1. The molecule has 0 saturated heterocycles. The molecule has 0 spiro atoms. The Labute approximate surface area is 95.7 Å². The molecule has 15 heavy (non-hydrogen) atoms. The van der Waals surface area contributed by atoms with Crippen LogP contribution in [-0.4, -0.2) is 25.8 Å². The van der Waals surface area contributed by atoms with Crippen molar-refractivity contribution in [2.75, 3.05) is 13.7 Å². The van der Waals surface area contributed by atoms with Crippen LogP contribution in [0, 0.1) is 0 Å². The van der Waals surface area contributed by atoms with Gasteiger partial charge in [0.05, 0.1) is 5.56 Å². The lowest BCUT2D eigenvalue weighted by Crippen LogP contribution is -2.25. The van der Waals surface area contributed by atoms with Crippen molar-refractivity contribution in [1.82, 2.24) is 5.32 Å². The zero-order valence-corrected chi connectivity index (χ0v) is 9.71. The highest BCUT2D eigenvalue weighted by molar-refractivity contribution is 9.10. The summed E-state index contributed by atoms with van der Waals surface area (Å²) in [4.78, 5) is 21.6. The minimum absolute atomic E-state index is 0.0982. The normalized spacial score (nSPS) is 9.47. The lowest BCUT2D eigenvalue weighted by atomic mass is 10.2. The van der Waals surface area contributed by atoms with E-state index in [4.69, 9.17) is 4.74 Å². The molecule has 0 saturated carbocycles. The Hall–Kier alpha value is -1.36. The summed E-state index contributed by atoms with van der Waals surface area (Å²) in [5, 5.41) is 2.42. The van der Waals surface area contributed by atoms with Crippen molar-refractivity contribution in [3.63, 3.8) is 0 Å². The van der Waals surface area contributed by atoms with E-state index in [9.17, 15) is 9.59 Å². The molecule has 0 aliphatic heterocycles. The van der Waals surface area contributed by atoms with Crippen molar-refractivity contribution in [1.29, 1.82) is 0 Å². The van der Waals surface area contributed by atoms with Gasteiger partial charge in [-0.1, -0.05) is 15.9 Å². The predicted octanol–water partition coefficient (Wildman–Crippen LogP) is 1.39. The van der Waals surface area contributed by atoms with Crippen LogP contribution in [0.4, 0.5) is 0 Å². The Bertz CT molecular complexity index is 379. The summed E-state index contributed by atoms with van der Waals surface area (Å²) in [6, 6.07) is 5.01. The second-order valence-corrected chi connectivity index (χ2v) is 3.68. The van der Waals surface area contributed by atoms with Crippen molar-refractivity contribution in [2.45, 2.75) is 0 Å². The van der Waals surface area contributed by atoms with Crippen LogP contribution < -0.4 is 10.1 Å². The third kappa shape index (κ3) is 3.36. The lowest BCUT2D eigenvalue weighted by molar-refractivity contribution is -0.122. The molecule has 80 valence electrons. The number of carbonyl (C=O) groups is 2. The molecule has 0 aromatic heterocycles. The molecule has 0 heterocycles. The van der Waals surface area contributed by atoms with Gasteiger partial charge in [0, 0.05) is 11.5 Å². The van der Waals surface area contributed by atoms with Gasteiger partial charge in [-0.05, 0) is 18.2 Å². The summed E-state index contributed by atoms with van der Waals surface area (Å²) in [7, 11) is 1.52. The molecule has 0 radical (unpaired) electrons. The van der Waals surface area contributed by atoms with Gasteiger partial charge >= 0.3 is 0 Å². The Balaban J connectivity index is 2.76. The smallest absolute Gasteiger partial charge is 0.257 e. The zero-order valence-electron chi connectivity index (χ0n) is 8.12. The van der Waals surface area contributed by atoms with Crippen molar-refractivity contribution in [2.24, 2.45) is 0 Å². The van der Waals surface area contributed by atoms with E-state index < -0.39 is 0 Å². The van der Waals surface area contributed by atoms with Crippen LogP contribution in [0.2, 0.25) is 0 Å². The summed E-state index contributed by atoms with van der Waals surface area (Å²) in [5.41, 5.74) is 0.410. The number of ether oxygens (including phenoxy) is 1. The first kappa shape index (κ1) is 11.7. The number of nitrogens with one attached hydrogen (secondary N) is 1. The van der Waals surface area contributed by atoms with Crippen LogP contribution >= 0.6 is 15.9 Å². The first-order valence-electron chi connectivity index (χ1n) is 4.25. The van der Waals surface area contributed by atoms with Crippen LogP contribution in [0.3, 0.4) is 0 Å². The predicted molar refractivity (Wildman–Crippen MR) is 59.1 cm³/mol. The third-order valence-corrected chi connectivity index (χ3v) is 2.23. The van der Waals surface area contributed by atoms with Gasteiger partial charge in [-0.15, -0.1) is 0 Å². The number of carbonyl (C=O) groups excluding carboxylic acids is 2. The van der Waals surface area contributed by atoms with E-state index in [0.717, 1.165) is 4.47 Å². The number of halogens is 1. The van der Waals surface area contributed by atoms with Gasteiger partial charge in [-0.2, -0.15) is 0 Å². The molecule has 4 nitrogen and oxygen atoms in total. The molecule has 5 heteroatoms. The van der Waals surface area contributed by atoms with E-state index >= 15 is 0 Å². The fourth-order valence-corrected chi connectivity index (χ4v) is 1.34. The van der Waals surface area contributed by atoms with Crippen molar-refractivity contribution in [3.8, 4) is 5.75 Å². The second-order valence-electron chi connectivity index (χ2n) is 2.76. The lowest BCUT2D eigenvalue weighted by Gasteiger charge is -2.07. The monoisotopic (exact) mass is 271 g/mol. The van der Waals surface area contributed by atoms with Crippen molar-refractivity contribution >= 4 is 28.1 Å². The molecule has 0 aliphatic rings. The first-order valence-corrected chi connectivity index (χ1v) is 5.04. The minimum atomic E-state index is -0.241. The summed E-state index contributed by atoms with van der Waals surface area (Å²) in [5.74, 6) is 0.159. The van der Waals surface area contributed by atoms with E-state index in [1.54, 1.807) is 18.2 Å². The highest BCUT2D eigenvalue weighted by Gasteiger charge is 2.05. The standard InChI is InChI=1S/C10H10BrNO3/c1-12-10(14)6-15-9-3-2-8(11)4-7(9)5-13/h2-5H,6H2,1H3,(H,12,14). The Morgan fingerprint density at radius 1 is 1.60 bits per heavy atom. The zero-order chi connectivity index (χ0) is 11.3. The minimum Gasteiger partial charge on any atom is -0.483 e. The van der Waals surface area contributed by atoms with Crippen LogP contribution in [0.15, 0.2) is 22.7 Å². The van der Waals surface area contributed by atoms with E-state index in [1.807, 2.05) is 0 Å². The van der Waals surface area contributed by atoms with Crippen molar-refractivity contribution in [3.05, 3.63) is 28.2 Å². The summed E-state index contributed by atoms with van der Waals surface area (Å²) < 4.78 is 5.96. The highest BCUT2D eigenvalue weighted by Crippen LogP contribution is 2.21. The molecule has 1 amide bonds. The maximum Gasteiger partial charge on any atom is 0.257 e. The van der Waals surface area contributed by atoms with E-state index in [0.29, 0.717) is 17.6 Å². The molecule has 0 unspecified atom stereocenters. The SMILES string of the molecule is CNC(=O)COc1ccc(Br)cc1C=O. The molecule has 1 aromatic carbocycles. The van der Waals surface area contributed by atoms with Gasteiger partial charge in [-0.25, -0.2) is 0 Å². The fraction of sp³-hybridized carbons (Fsp3) is 0.200. The number of hydrogen-bond donors (Lipinski definition) is 1. The molecule has 1 aromatic rings. The Morgan fingerprint density at radius 2 is 2.33 bits per heavy atom. The molecular formula is C10H10BrNO3. The summed E-state index contributed by atoms with van der Waals surface area (Å²) >= 11 is 3.24. The van der Waals surface area contributed by atoms with Gasteiger partial charge in [0.15, 0.2) is 12.9 Å². The quantitative estimate of drug-likeness (QED) is 0.842. The number of amides is 1. The Morgan fingerprint density at radius 3 is 2.93 bits per heavy atom. The molecule has 0 aliphatic carbocycles. The average molecular weight is 272 g/mol. The van der Waals surface area contributed by atoms with E-state index in [1.165, 1.54) is 7.05 Å². The number of benzene rings is 1. The van der Waals surface area contributed by atoms with Crippen LogP contribution in [-0.2, 0) is 4.79 Å². The molecule has 0 atom stereocenters. The van der Waals surface area contributed by atoms with Gasteiger partial charge in [-0.3, -0.25) is 9.59 Å². The molecule has 1 rings (SSSR count). The maximum absolute atomic E-state index is 10.9. The number of aldehydes is 1. The second kappa shape index (κ2) is 5.50. The van der Waals surface area contributed by atoms with Gasteiger partial charge in [0.1, 0.15) is 5.75 Å². The largest absolute Gasteiger partial charge is 0.483 e. The highest BCUT2D eigenvalue weighted by atomic mass is 79.9. The fourth-order valence-electron chi connectivity index (χ4n) is 0.958. The van der Waals surface area contributed by atoms with Gasteiger partial charge < -0.3 is 10.1 Å². The summed E-state index contributed by atoms with van der Waals surface area (Å²) in [6.07, 6.45) is 0.684.